The quantitative estimate of drug-likeness (QED) is 0.847. The predicted molar refractivity (Wildman–Crippen MR) is 80.9 cm³/mol. The van der Waals surface area contributed by atoms with Crippen molar-refractivity contribution in [2.24, 2.45) is 0 Å². The van der Waals surface area contributed by atoms with Crippen molar-refractivity contribution < 1.29 is 0 Å². The van der Waals surface area contributed by atoms with E-state index in [1.54, 1.807) is 12.5 Å². The van der Waals surface area contributed by atoms with Gasteiger partial charge in [-0.3, -0.25) is 9.47 Å². The van der Waals surface area contributed by atoms with E-state index in [0.29, 0.717) is 18.0 Å². The summed E-state index contributed by atoms with van der Waals surface area (Å²) in [6.45, 7) is 0. The molecule has 4 rings (SSSR count). The molecule has 2 bridgehead atoms. The number of hydrogen-bond acceptors (Lipinski definition) is 4. The van der Waals surface area contributed by atoms with Crippen LogP contribution in [0.4, 0.5) is 0 Å². The Morgan fingerprint density at radius 3 is 2.76 bits per heavy atom. The molecule has 1 fully saturated rings. The molecule has 2 aliphatic heterocycles. The van der Waals surface area contributed by atoms with Gasteiger partial charge in [0, 0.05) is 42.4 Å². The Morgan fingerprint density at radius 1 is 1.19 bits per heavy atom. The zero-order valence-corrected chi connectivity index (χ0v) is 12.2. The highest BCUT2D eigenvalue weighted by Gasteiger charge is 2.31. The van der Waals surface area contributed by atoms with Crippen molar-refractivity contribution in [3.63, 3.8) is 0 Å². The summed E-state index contributed by atoms with van der Waals surface area (Å²) in [7, 11) is 2.25. The third-order valence-electron chi connectivity index (χ3n) is 4.73. The zero-order chi connectivity index (χ0) is 14.2. The van der Waals surface area contributed by atoms with Crippen LogP contribution in [0.25, 0.3) is 11.5 Å². The molecule has 0 saturated carbocycles. The molecule has 108 valence electrons. The van der Waals surface area contributed by atoms with Crippen LogP contribution in [-0.2, 0) is 0 Å². The lowest BCUT2D eigenvalue weighted by atomic mass is 9.84. The zero-order valence-electron chi connectivity index (χ0n) is 12.2. The fourth-order valence-electron chi connectivity index (χ4n) is 3.45. The van der Waals surface area contributed by atoms with Gasteiger partial charge in [0.1, 0.15) is 6.33 Å². The largest absolute Gasteiger partial charge is 0.297 e. The van der Waals surface area contributed by atoms with Crippen LogP contribution in [0.3, 0.4) is 0 Å². The van der Waals surface area contributed by atoms with Crippen LogP contribution in [-0.4, -0.2) is 43.6 Å². The van der Waals surface area contributed by atoms with Gasteiger partial charge in [0.05, 0.1) is 0 Å². The second-order valence-corrected chi connectivity index (χ2v) is 5.96. The van der Waals surface area contributed by atoms with E-state index in [1.165, 1.54) is 24.8 Å². The van der Waals surface area contributed by atoms with Gasteiger partial charge in [-0.15, -0.1) is 0 Å². The fourth-order valence-corrected chi connectivity index (χ4v) is 3.45. The average Bonchev–Trinajstić information content (AvgIpc) is 3.01. The molecule has 0 N–H and O–H groups in total. The minimum Gasteiger partial charge on any atom is -0.297 e. The lowest BCUT2D eigenvalue weighted by Crippen LogP contribution is -2.45. The summed E-state index contributed by atoms with van der Waals surface area (Å²) >= 11 is 0. The molecule has 4 heterocycles. The Kier molecular flexibility index (Phi) is 3.07. The fraction of sp³-hybridized carbons (Fsp3) is 0.438. The van der Waals surface area contributed by atoms with E-state index >= 15 is 0 Å². The molecule has 0 amide bonds. The van der Waals surface area contributed by atoms with Crippen molar-refractivity contribution in [1.29, 1.82) is 0 Å². The molecular formula is C16H19N5. The van der Waals surface area contributed by atoms with Crippen LogP contribution >= 0.6 is 0 Å². The Labute approximate surface area is 124 Å². The van der Waals surface area contributed by atoms with E-state index in [2.05, 4.69) is 33.0 Å². The van der Waals surface area contributed by atoms with Crippen molar-refractivity contribution in [2.45, 2.75) is 37.8 Å². The first kappa shape index (κ1) is 12.7. The van der Waals surface area contributed by atoms with E-state index in [0.717, 1.165) is 12.0 Å². The van der Waals surface area contributed by atoms with Gasteiger partial charge in [0.15, 0.2) is 0 Å². The molecule has 0 aliphatic carbocycles. The van der Waals surface area contributed by atoms with E-state index in [9.17, 15) is 0 Å². The number of rotatable bonds is 2. The van der Waals surface area contributed by atoms with Crippen molar-refractivity contribution in [2.75, 3.05) is 7.05 Å². The Hall–Kier alpha value is -2.01. The summed E-state index contributed by atoms with van der Waals surface area (Å²) in [5.74, 6) is 0.671. The lowest BCUT2D eigenvalue weighted by molar-refractivity contribution is 0.137. The van der Waals surface area contributed by atoms with E-state index in [4.69, 9.17) is 0 Å². The smallest absolute Gasteiger partial charge is 0.234 e. The topological polar surface area (TPSA) is 46.8 Å². The van der Waals surface area contributed by atoms with Gasteiger partial charge >= 0.3 is 0 Å². The molecule has 21 heavy (non-hydrogen) atoms. The second-order valence-electron chi connectivity index (χ2n) is 5.96. The number of aromatic nitrogens is 4. The minimum atomic E-state index is 0.584. The van der Waals surface area contributed by atoms with Crippen molar-refractivity contribution in [3.8, 4) is 5.95 Å². The van der Waals surface area contributed by atoms with Gasteiger partial charge in [-0.2, -0.15) is 0 Å². The highest BCUT2D eigenvalue weighted by molar-refractivity contribution is 5.66. The standard InChI is InChI=1S/C16H19N5/c1-20-14-3-2-4-15(20)8-12(7-14)13-9-18-16(19-10-13)21-6-5-17-11-21/h5-7,9-11,14-15H,2-4,8H2,1H3. The molecule has 0 aromatic carbocycles. The summed E-state index contributed by atoms with van der Waals surface area (Å²) in [6, 6.07) is 1.26. The normalized spacial score (nSPS) is 25.7. The molecule has 2 unspecified atom stereocenters. The van der Waals surface area contributed by atoms with E-state index < -0.39 is 0 Å². The number of nitrogens with zero attached hydrogens (tertiary/aromatic N) is 5. The number of hydrogen-bond donors (Lipinski definition) is 0. The molecule has 2 aromatic rings. The van der Waals surface area contributed by atoms with E-state index in [-0.39, 0.29) is 0 Å². The average molecular weight is 281 g/mol. The first-order valence-electron chi connectivity index (χ1n) is 7.54. The lowest BCUT2D eigenvalue weighted by Gasteiger charge is -2.42. The molecule has 0 spiro atoms. The van der Waals surface area contributed by atoms with Crippen LogP contribution in [0.1, 0.15) is 31.2 Å². The van der Waals surface area contributed by atoms with Gasteiger partial charge in [-0.05, 0) is 31.9 Å². The van der Waals surface area contributed by atoms with Crippen molar-refractivity contribution in [3.05, 3.63) is 42.8 Å². The molecular weight excluding hydrogens is 262 g/mol. The number of imidazole rings is 1. The molecule has 5 nitrogen and oxygen atoms in total. The van der Waals surface area contributed by atoms with Crippen LogP contribution in [0.15, 0.2) is 37.2 Å². The van der Waals surface area contributed by atoms with Gasteiger partial charge < -0.3 is 0 Å². The summed E-state index contributed by atoms with van der Waals surface area (Å²) in [4.78, 5) is 15.5. The first-order valence-corrected chi connectivity index (χ1v) is 7.54. The minimum absolute atomic E-state index is 0.584. The molecule has 1 saturated heterocycles. The Morgan fingerprint density at radius 2 is 2.05 bits per heavy atom. The monoisotopic (exact) mass is 281 g/mol. The summed E-state index contributed by atoms with van der Waals surface area (Å²) in [6.07, 6.45) is 16.6. The molecule has 2 aromatic heterocycles. The molecule has 5 heteroatoms. The van der Waals surface area contributed by atoms with Gasteiger partial charge in [-0.1, -0.05) is 12.5 Å². The maximum Gasteiger partial charge on any atom is 0.234 e. The Bertz CT molecular complexity index is 644. The second kappa shape index (κ2) is 5.07. The van der Waals surface area contributed by atoms with Gasteiger partial charge in [-0.25, -0.2) is 15.0 Å². The molecule has 0 radical (unpaired) electrons. The predicted octanol–water partition coefficient (Wildman–Crippen LogP) is 2.30. The number of piperidine rings is 1. The first-order chi connectivity index (χ1) is 10.3. The SMILES string of the molecule is CN1C2C=C(c3cnc(-n4ccnc4)nc3)CC1CCC2. The third-order valence-corrected chi connectivity index (χ3v) is 4.73. The maximum atomic E-state index is 4.47. The molecule has 2 atom stereocenters. The maximum absolute atomic E-state index is 4.47. The van der Waals surface area contributed by atoms with Crippen LogP contribution in [0.5, 0.6) is 0 Å². The number of likely N-dealkylation sites (N-methyl/N-ethyl adjacent to an activating group) is 1. The summed E-state index contributed by atoms with van der Waals surface area (Å²) in [5.41, 5.74) is 2.56. The van der Waals surface area contributed by atoms with Gasteiger partial charge in [0.25, 0.3) is 0 Å². The van der Waals surface area contributed by atoms with Crippen LogP contribution < -0.4 is 0 Å². The highest BCUT2D eigenvalue weighted by atomic mass is 15.2. The van der Waals surface area contributed by atoms with Crippen molar-refractivity contribution in [1.82, 2.24) is 24.4 Å². The molecule has 2 aliphatic rings. The van der Waals surface area contributed by atoms with Crippen LogP contribution in [0.2, 0.25) is 0 Å². The summed E-state index contributed by atoms with van der Waals surface area (Å²) in [5, 5.41) is 0. The van der Waals surface area contributed by atoms with Crippen LogP contribution in [0, 0.1) is 0 Å². The number of fused-ring (bicyclic) bond motifs is 2. The van der Waals surface area contributed by atoms with E-state index in [1.807, 2.05) is 23.2 Å². The summed E-state index contributed by atoms with van der Waals surface area (Å²) < 4.78 is 1.82. The van der Waals surface area contributed by atoms with Gasteiger partial charge in [0.2, 0.25) is 5.95 Å². The van der Waals surface area contributed by atoms with Crippen molar-refractivity contribution >= 4 is 5.57 Å². The Balaban J connectivity index is 1.62. The third kappa shape index (κ3) is 2.27. The highest BCUT2D eigenvalue weighted by Crippen LogP contribution is 2.35.